The van der Waals surface area contributed by atoms with Crippen LogP contribution in [0.15, 0.2) is 30.3 Å². The van der Waals surface area contributed by atoms with Crippen LogP contribution in [0.4, 0.5) is 5.00 Å². The highest BCUT2D eigenvalue weighted by Gasteiger charge is 2.21. The standard InChI is InChI=1S/C22H23N3O3S2/c23-14-17-16-8-4-5-9-18(16)30-21(17)25-22(29)24-19(26)10-11-20(27)28-13-12-15-6-2-1-3-7-15/h1-3,6-7H,4-5,8-13H2,(H2,24,25,26,29). The van der Waals surface area contributed by atoms with Crippen molar-refractivity contribution in [2.75, 3.05) is 11.9 Å². The molecule has 1 aliphatic rings. The molecule has 3 rings (SSSR count). The summed E-state index contributed by atoms with van der Waals surface area (Å²) in [7, 11) is 0. The van der Waals surface area contributed by atoms with Crippen LogP contribution < -0.4 is 10.6 Å². The number of thiophene rings is 1. The second-order valence-electron chi connectivity index (χ2n) is 6.99. The number of carbonyl (C=O) groups is 2. The van der Waals surface area contributed by atoms with E-state index in [0.29, 0.717) is 17.0 Å². The second-order valence-corrected chi connectivity index (χ2v) is 8.50. The van der Waals surface area contributed by atoms with E-state index in [2.05, 4.69) is 16.7 Å². The number of hydrogen-bond acceptors (Lipinski definition) is 6. The summed E-state index contributed by atoms with van der Waals surface area (Å²) in [5.74, 6) is -0.787. The number of hydrogen-bond donors (Lipinski definition) is 2. The first-order chi connectivity index (χ1) is 14.6. The fraction of sp³-hybridized carbons (Fsp3) is 0.364. The zero-order valence-corrected chi connectivity index (χ0v) is 18.2. The summed E-state index contributed by atoms with van der Waals surface area (Å²) in [4.78, 5) is 25.1. The van der Waals surface area contributed by atoms with Gasteiger partial charge in [-0.3, -0.25) is 9.59 Å². The molecule has 1 heterocycles. The van der Waals surface area contributed by atoms with Crippen molar-refractivity contribution in [3.63, 3.8) is 0 Å². The number of carbonyl (C=O) groups excluding carboxylic acids is 2. The summed E-state index contributed by atoms with van der Waals surface area (Å²) >= 11 is 6.72. The van der Waals surface area contributed by atoms with E-state index in [1.54, 1.807) is 0 Å². The molecule has 0 saturated carbocycles. The van der Waals surface area contributed by atoms with Crippen LogP contribution in [-0.2, 0) is 33.6 Å². The van der Waals surface area contributed by atoms with Crippen molar-refractivity contribution in [2.24, 2.45) is 0 Å². The van der Waals surface area contributed by atoms with Gasteiger partial charge in [0.25, 0.3) is 0 Å². The van der Waals surface area contributed by atoms with Gasteiger partial charge in [-0.1, -0.05) is 30.3 Å². The van der Waals surface area contributed by atoms with Crippen LogP contribution in [0, 0.1) is 11.3 Å². The third kappa shape index (κ3) is 6.12. The van der Waals surface area contributed by atoms with Gasteiger partial charge in [-0.05, 0) is 49.0 Å². The van der Waals surface area contributed by atoms with Crippen LogP contribution in [0.3, 0.4) is 0 Å². The Balaban J connectivity index is 1.39. The first-order valence-electron chi connectivity index (χ1n) is 9.92. The molecule has 0 spiro atoms. The summed E-state index contributed by atoms with van der Waals surface area (Å²) in [5, 5.41) is 15.8. The normalized spacial score (nSPS) is 12.4. The molecular weight excluding hydrogens is 418 g/mol. The molecule has 0 saturated heterocycles. The quantitative estimate of drug-likeness (QED) is 0.501. The number of anilines is 1. The topological polar surface area (TPSA) is 91.2 Å². The third-order valence-electron chi connectivity index (χ3n) is 4.82. The van der Waals surface area contributed by atoms with Crippen molar-refractivity contribution in [2.45, 2.75) is 44.9 Å². The first-order valence-corrected chi connectivity index (χ1v) is 11.1. The molecule has 1 amide bonds. The predicted molar refractivity (Wildman–Crippen MR) is 120 cm³/mol. The maximum absolute atomic E-state index is 12.1. The fourth-order valence-electron chi connectivity index (χ4n) is 3.31. The smallest absolute Gasteiger partial charge is 0.306 e. The van der Waals surface area contributed by atoms with Crippen molar-refractivity contribution in [3.8, 4) is 6.07 Å². The maximum atomic E-state index is 12.1. The number of ether oxygens (including phenoxy) is 1. The third-order valence-corrected chi connectivity index (χ3v) is 6.23. The summed E-state index contributed by atoms with van der Waals surface area (Å²) in [5.41, 5.74) is 2.81. The molecule has 0 bridgehead atoms. The molecule has 0 fully saturated rings. The Morgan fingerprint density at radius 1 is 1.17 bits per heavy atom. The van der Waals surface area contributed by atoms with Crippen LogP contribution >= 0.6 is 23.6 Å². The Bertz CT molecular complexity index is 964. The van der Waals surface area contributed by atoms with Gasteiger partial charge in [0.15, 0.2) is 5.11 Å². The lowest BCUT2D eigenvalue weighted by molar-refractivity contribution is -0.144. The number of nitriles is 1. The van der Waals surface area contributed by atoms with Crippen molar-refractivity contribution in [3.05, 3.63) is 51.9 Å². The molecule has 0 aliphatic heterocycles. The van der Waals surface area contributed by atoms with Gasteiger partial charge in [-0.15, -0.1) is 11.3 Å². The number of aryl methyl sites for hydroxylation is 1. The molecule has 2 N–H and O–H groups in total. The Kier molecular flexibility index (Phi) is 7.94. The van der Waals surface area contributed by atoms with Gasteiger partial charge < -0.3 is 15.4 Å². The minimum absolute atomic E-state index is 0.0139. The van der Waals surface area contributed by atoms with Crippen LogP contribution in [0.2, 0.25) is 0 Å². The summed E-state index contributed by atoms with van der Waals surface area (Å²) in [6, 6.07) is 12.0. The monoisotopic (exact) mass is 441 g/mol. The molecule has 0 unspecified atom stereocenters. The van der Waals surface area contributed by atoms with Crippen molar-refractivity contribution >= 4 is 45.5 Å². The molecule has 0 radical (unpaired) electrons. The average Bonchev–Trinajstić information content (AvgIpc) is 3.09. The van der Waals surface area contributed by atoms with E-state index in [-0.39, 0.29) is 30.5 Å². The molecule has 156 valence electrons. The van der Waals surface area contributed by atoms with Gasteiger partial charge in [0.1, 0.15) is 11.1 Å². The number of thiocarbonyl (C=S) groups is 1. The number of esters is 1. The zero-order valence-electron chi connectivity index (χ0n) is 16.5. The molecule has 0 atom stereocenters. The van der Waals surface area contributed by atoms with E-state index in [1.165, 1.54) is 16.2 Å². The van der Waals surface area contributed by atoms with Gasteiger partial charge in [-0.25, -0.2) is 0 Å². The van der Waals surface area contributed by atoms with Crippen molar-refractivity contribution in [1.82, 2.24) is 5.32 Å². The Labute approximate surface area is 185 Å². The Morgan fingerprint density at radius 3 is 2.70 bits per heavy atom. The molecule has 2 aromatic rings. The fourth-order valence-corrected chi connectivity index (χ4v) is 4.84. The minimum atomic E-state index is -0.419. The summed E-state index contributed by atoms with van der Waals surface area (Å²) in [6.45, 7) is 0.282. The highest BCUT2D eigenvalue weighted by Crippen LogP contribution is 2.37. The molecule has 8 heteroatoms. The molecular formula is C22H23N3O3S2. The van der Waals surface area contributed by atoms with Crippen molar-refractivity contribution in [1.29, 1.82) is 5.26 Å². The molecule has 30 heavy (non-hydrogen) atoms. The number of benzene rings is 1. The van der Waals surface area contributed by atoms with Gasteiger partial charge in [0.05, 0.1) is 18.6 Å². The molecule has 1 aliphatic carbocycles. The highest BCUT2D eigenvalue weighted by atomic mass is 32.1. The summed E-state index contributed by atoms with van der Waals surface area (Å²) < 4.78 is 5.17. The minimum Gasteiger partial charge on any atom is -0.465 e. The van der Waals surface area contributed by atoms with Gasteiger partial charge >= 0.3 is 5.97 Å². The number of amides is 1. The van der Waals surface area contributed by atoms with E-state index in [4.69, 9.17) is 17.0 Å². The number of rotatable bonds is 7. The lowest BCUT2D eigenvalue weighted by Gasteiger charge is -2.10. The van der Waals surface area contributed by atoms with Gasteiger partial charge in [0, 0.05) is 17.7 Å². The first kappa shape index (κ1) is 21.9. The van der Waals surface area contributed by atoms with Gasteiger partial charge in [-0.2, -0.15) is 5.26 Å². The second kappa shape index (κ2) is 10.9. The van der Waals surface area contributed by atoms with Gasteiger partial charge in [0.2, 0.25) is 5.91 Å². The van der Waals surface area contributed by atoms with Crippen LogP contribution in [0.1, 0.15) is 47.3 Å². The lowest BCUT2D eigenvalue weighted by atomic mass is 9.96. The highest BCUT2D eigenvalue weighted by molar-refractivity contribution is 7.80. The molecule has 6 nitrogen and oxygen atoms in total. The zero-order chi connectivity index (χ0) is 21.3. The lowest BCUT2D eigenvalue weighted by Crippen LogP contribution is -2.34. The maximum Gasteiger partial charge on any atom is 0.306 e. The number of nitrogens with zero attached hydrogens (tertiary/aromatic N) is 1. The van der Waals surface area contributed by atoms with Crippen molar-refractivity contribution < 1.29 is 14.3 Å². The largest absolute Gasteiger partial charge is 0.465 e. The Morgan fingerprint density at radius 2 is 1.93 bits per heavy atom. The van der Waals surface area contributed by atoms with E-state index in [0.717, 1.165) is 36.8 Å². The average molecular weight is 442 g/mol. The predicted octanol–water partition coefficient (Wildman–Crippen LogP) is 3.88. The SMILES string of the molecule is N#Cc1c(NC(=S)NC(=O)CCC(=O)OCCc2ccccc2)sc2c1CCCC2. The van der Waals surface area contributed by atoms with E-state index in [9.17, 15) is 14.9 Å². The number of nitrogens with one attached hydrogen (secondary N) is 2. The van der Waals surface area contributed by atoms with E-state index in [1.807, 2.05) is 30.3 Å². The van der Waals surface area contributed by atoms with E-state index < -0.39 is 5.97 Å². The van der Waals surface area contributed by atoms with Crippen LogP contribution in [0.25, 0.3) is 0 Å². The van der Waals surface area contributed by atoms with E-state index >= 15 is 0 Å². The molecule has 1 aromatic carbocycles. The van der Waals surface area contributed by atoms with Crippen LogP contribution in [-0.4, -0.2) is 23.6 Å². The Hall–Kier alpha value is -2.76. The number of fused-ring (bicyclic) bond motifs is 1. The summed E-state index contributed by atoms with van der Waals surface area (Å²) in [6.07, 6.45) is 4.70. The molecule has 1 aromatic heterocycles. The van der Waals surface area contributed by atoms with Crippen LogP contribution in [0.5, 0.6) is 0 Å².